The Morgan fingerprint density at radius 3 is 2.81 bits per heavy atom. The van der Waals surface area contributed by atoms with E-state index in [1.54, 1.807) is 49.6 Å². The number of nitrogens with zero attached hydrogens (tertiary/aromatic N) is 4. The molecule has 3 heterocycles. The molecule has 0 unspecified atom stereocenters. The fourth-order valence-electron chi connectivity index (χ4n) is 3.23. The van der Waals surface area contributed by atoms with Crippen LogP contribution in [0.5, 0.6) is 5.75 Å². The molecule has 0 saturated carbocycles. The molecule has 32 heavy (non-hydrogen) atoms. The first-order chi connectivity index (χ1) is 15.4. The van der Waals surface area contributed by atoms with Crippen molar-refractivity contribution < 1.29 is 27.2 Å². The maximum Gasteiger partial charge on any atom is 0.338 e. The first kappa shape index (κ1) is 20.5. The van der Waals surface area contributed by atoms with Crippen LogP contribution < -0.4 is 9.64 Å². The molecule has 0 amide bonds. The largest absolute Gasteiger partial charge is 0.497 e. The molecule has 0 bridgehead atoms. The molecule has 0 aliphatic carbocycles. The lowest BCUT2D eigenvalue weighted by molar-refractivity contribution is 0.0459. The van der Waals surface area contributed by atoms with E-state index in [0.29, 0.717) is 34.5 Å². The minimum absolute atomic E-state index is 0.0382. The number of carbonyl (C=O) groups is 1. The Balaban J connectivity index is 1.26. The number of anilines is 1. The standard InChI is InChI=1S/C20H16N4O6S2/c1-28-14-5-2-12(3-6-14)18-21-17(22-30-18)11-29-19(25)13-4-7-15-16(10-13)31-20-23-32(26,27)9-8-24(15)20/h2-7,10H,8-9,11H2,1H3. The van der Waals surface area contributed by atoms with Gasteiger partial charge >= 0.3 is 5.97 Å². The smallest absolute Gasteiger partial charge is 0.338 e. The van der Waals surface area contributed by atoms with Crippen LogP contribution in [0.4, 0.5) is 5.69 Å². The summed E-state index contributed by atoms with van der Waals surface area (Å²) in [5.74, 6) is 0.656. The molecule has 0 fully saturated rings. The van der Waals surface area contributed by atoms with Gasteiger partial charge in [-0.3, -0.25) is 0 Å². The highest BCUT2D eigenvalue weighted by atomic mass is 32.2. The van der Waals surface area contributed by atoms with E-state index in [9.17, 15) is 13.2 Å². The summed E-state index contributed by atoms with van der Waals surface area (Å²) in [5.41, 5.74) is 1.87. The number of fused-ring (bicyclic) bond motifs is 3. The predicted molar refractivity (Wildman–Crippen MR) is 116 cm³/mol. The van der Waals surface area contributed by atoms with Gasteiger partial charge in [0.1, 0.15) is 5.75 Å². The molecule has 2 aliphatic rings. The Morgan fingerprint density at radius 1 is 1.22 bits per heavy atom. The van der Waals surface area contributed by atoms with E-state index in [4.69, 9.17) is 14.0 Å². The number of carbonyl (C=O) groups excluding carboxylic acids is 1. The van der Waals surface area contributed by atoms with Gasteiger partial charge in [0.2, 0.25) is 5.82 Å². The second-order valence-electron chi connectivity index (χ2n) is 6.92. The van der Waals surface area contributed by atoms with Crippen molar-refractivity contribution in [3.63, 3.8) is 0 Å². The van der Waals surface area contributed by atoms with Gasteiger partial charge in [-0.05, 0) is 54.2 Å². The Hall–Kier alpha value is -3.38. The van der Waals surface area contributed by atoms with Gasteiger partial charge in [-0.1, -0.05) is 5.16 Å². The molecule has 1 aromatic heterocycles. The number of amidine groups is 1. The number of hydrogen-bond donors (Lipinski definition) is 0. The number of hydrogen-bond acceptors (Lipinski definition) is 10. The number of sulfonamides is 1. The summed E-state index contributed by atoms with van der Waals surface area (Å²) in [4.78, 5) is 19.3. The van der Waals surface area contributed by atoms with Crippen LogP contribution in [0.2, 0.25) is 0 Å². The van der Waals surface area contributed by atoms with Crippen molar-refractivity contribution in [1.29, 1.82) is 0 Å². The number of ether oxygens (including phenoxy) is 2. The van der Waals surface area contributed by atoms with Crippen LogP contribution >= 0.6 is 11.8 Å². The van der Waals surface area contributed by atoms with E-state index in [1.165, 1.54) is 11.8 Å². The molecule has 3 aromatic rings. The molecule has 0 atom stereocenters. The highest BCUT2D eigenvalue weighted by molar-refractivity contribution is 8.15. The first-order valence-corrected chi connectivity index (χ1v) is 11.9. The predicted octanol–water partition coefficient (Wildman–Crippen LogP) is 2.71. The van der Waals surface area contributed by atoms with Gasteiger partial charge in [0, 0.05) is 17.0 Å². The lowest BCUT2D eigenvalue weighted by Crippen LogP contribution is -2.35. The molecular formula is C20H16N4O6S2. The summed E-state index contributed by atoms with van der Waals surface area (Å²) in [6.07, 6.45) is 0. The van der Waals surface area contributed by atoms with E-state index in [0.717, 1.165) is 10.6 Å². The topological polar surface area (TPSA) is 124 Å². The van der Waals surface area contributed by atoms with Crippen LogP contribution in [0.3, 0.4) is 0 Å². The van der Waals surface area contributed by atoms with Gasteiger partial charge in [-0.2, -0.15) is 4.98 Å². The third-order valence-corrected chi connectivity index (χ3v) is 7.15. The molecule has 0 N–H and O–H groups in total. The van der Waals surface area contributed by atoms with Crippen LogP contribution in [0.25, 0.3) is 11.5 Å². The molecule has 2 aliphatic heterocycles. The Morgan fingerprint density at radius 2 is 2.03 bits per heavy atom. The van der Waals surface area contributed by atoms with Gasteiger partial charge in [0.15, 0.2) is 11.8 Å². The van der Waals surface area contributed by atoms with Crippen molar-refractivity contribution >= 4 is 38.6 Å². The minimum Gasteiger partial charge on any atom is -0.497 e. The zero-order valence-electron chi connectivity index (χ0n) is 16.7. The van der Waals surface area contributed by atoms with Gasteiger partial charge in [-0.25, -0.2) is 13.2 Å². The molecular weight excluding hydrogens is 456 g/mol. The van der Waals surface area contributed by atoms with Gasteiger partial charge in [0.25, 0.3) is 15.9 Å². The first-order valence-electron chi connectivity index (χ1n) is 9.48. The van der Waals surface area contributed by atoms with Crippen molar-refractivity contribution in [2.45, 2.75) is 11.5 Å². The quantitative estimate of drug-likeness (QED) is 0.512. The molecule has 0 saturated heterocycles. The zero-order valence-corrected chi connectivity index (χ0v) is 18.4. The highest BCUT2D eigenvalue weighted by Crippen LogP contribution is 2.42. The number of esters is 1. The number of aromatic nitrogens is 2. The van der Waals surface area contributed by atoms with E-state index in [1.807, 2.05) is 4.90 Å². The van der Waals surface area contributed by atoms with Crippen molar-refractivity contribution in [3.05, 3.63) is 53.9 Å². The summed E-state index contributed by atoms with van der Waals surface area (Å²) in [7, 11) is -1.86. The summed E-state index contributed by atoms with van der Waals surface area (Å²) >= 11 is 1.21. The number of methoxy groups -OCH3 is 1. The SMILES string of the molecule is COc1ccc(-c2nc(COC(=O)c3ccc4c(c3)SC3=NS(=O)(=O)CCN34)no2)cc1. The van der Waals surface area contributed by atoms with Gasteiger partial charge < -0.3 is 18.9 Å². The van der Waals surface area contributed by atoms with Crippen molar-refractivity contribution in [3.8, 4) is 17.2 Å². The molecule has 10 nitrogen and oxygen atoms in total. The fourth-order valence-corrected chi connectivity index (χ4v) is 5.53. The molecule has 0 radical (unpaired) electrons. The average Bonchev–Trinajstić information content (AvgIpc) is 3.40. The van der Waals surface area contributed by atoms with Gasteiger partial charge in [-0.15, -0.1) is 4.40 Å². The van der Waals surface area contributed by atoms with Crippen molar-refractivity contribution in [2.75, 3.05) is 24.3 Å². The van der Waals surface area contributed by atoms with Gasteiger partial charge in [0.05, 0.1) is 24.1 Å². The van der Waals surface area contributed by atoms with Crippen molar-refractivity contribution in [1.82, 2.24) is 10.1 Å². The highest BCUT2D eigenvalue weighted by Gasteiger charge is 2.33. The van der Waals surface area contributed by atoms with Crippen LogP contribution in [0.1, 0.15) is 16.2 Å². The Bertz CT molecular complexity index is 1330. The monoisotopic (exact) mass is 472 g/mol. The lowest BCUT2D eigenvalue weighted by Gasteiger charge is -2.22. The normalized spacial score (nSPS) is 16.2. The zero-order chi connectivity index (χ0) is 22.3. The third-order valence-electron chi connectivity index (χ3n) is 4.85. The molecule has 2 aromatic carbocycles. The van der Waals surface area contributed by atoms with Crippen LogP contribution in [-0.2, 0) is 21.4 Å². The molecule has 164 valence electrons. The third kappa shape index (κ3) is 3.94. The number of benzene rings is 2. The summed E-state index contributed by atoms with van der Waals surface area (Å²) in [6, 6.07) is 12.2. The van der Waals surface area contributed by atoms with E-state index >= 15 is 0 Å². The summed E-state index contributed by atoms with van der Waals surface area (Å²) < 4.78 is 42.9. The van der Waals surface area contributed by atoms with Crippen LogP contribution in [0, 0.1) is 0 Å². The summed E-state index contributed by atoms with van der Waals surface area (Å²) in [5, 5.41) is 4.24. The Labute approximate surface area is 187 Å². The second-order valence-corrected chi connectivity index (χ2v) is 9.68. The van der Waals surface area contributed by atoms with Crippen LogP contribution in [0.15, 0.2) is 56.3 Å². The summed E-state index contributed by atoms with van der Waals surface area (Å²) in [6.45, 7) is 0.180. The minimum atomic E-state index is -3.44. The van der Waals surface area contributed by atoms with E-state index in [-0.39, 0.29) is 18.2 Å². The number of thioether (sulfide) groups is 1. The fraction of sp³-hybridized carbons (Fsp3) is 0.200. The van der Waals surface area contributed by atoms with Crippen LogP contribution in [-0.4, -0.2) is 49.1 Å². The second kappa shape index (κ2) is 7.95. The average molecular weight is 473 g/mol. The molecule has 5 rings (SSSR count). The maximum atomic E-state index is 12.5. The maximum absolute atomic E-state index is 12.5. The molecule has 12 heteroatoms. The lowest BCUT2D eigenvalue weighted by atomic mass is 10.2. The molecule has 0 spiro atoms. The van der Waals surface area contributed by atoms with E-state index in [2.05, 4.69) is 14.5 Å². The Kier molecular flexibility index (Phi) is 5.10. The number of rotatable bonds is 5. The van der Waals surface area contributed by atoms with Crippen molar-refractivity contribution in [2.24, 2.45) is 4.40 Å². The van der Waals surface area contributed by atoms with E-state index < -0.39 is 16.0 Å².